The quantitative estimate of drug-likeness (QED) is 0.730. The lowest BCUT2D eigenvalue weighted by atomic mass is 9.98. The Kier molecular flexibility index (Phi) is 5.35. The van der Waals surface area contributed by atoms with E-state index in [1.54, 1.807) is 6.20 Å². The minimum Gasteiger partial charge on any atom is -0.330 e. The highest BCUT2D eigenvalue weighted by atomic mass is 35.5. The van der Waals surface area contributed by atoms with E-state index in [4.69, 9.17) is 5.26 Å². The zero-order valence-electron chi connectivity index (χ0n) is 12.0. The lowest BCUT2D eigenvalue weighted by molar-refractivity contribution is 0.581. The van der Waals surface area contributed by atoms with Gasteiger partial charge in [0.05, 0.1) is 24.0 Å². The number of imidazole rings is 1. The molecule has 0 aliphatic rings. The molecule has 1 unspecified atom stereocenters. The fraction of sp³-hybridized carbons (Fsp3) is 0.111. The molecular weight excluding hydrogens is 294 g/mol. The summed E-state index contributed by atoms with van der Waals surface area (Å²) >= 11 is 0. The summed E-state index contributed by atoms with van der Waals surface area (Å²) in [5, 5.41) is 8.92. The van der Waals surface area contributed by atoms with Crippen LogP contribution >= 0.6 is 12.4 Å². The van der Waals surface area contributed by atoms with Crippen LogP contribution in [0.3, 0.4) is 0 Å². The first-order valence-electron chi connectivity index (χ1n) is 6.88. The molecule has 1 heterocycles. The molecular formula is C18H16ClN3. The molecule has 0 N–H and O–H groups in total. The minimum atomic E-state index is 0. The van der Waals surface area contributed by atoms with Crippen molar-refractivity contribution in [3.63, 3.8) is 0 Å². The van der Waals surface area contributed by atoms with Gasteiger partial charge in [0.15, 0.2) is 0 Å². The van der Waals surface area contributed by atoms with Crippen LogP contribution in [0.4, 0.5) is 0 Å². The van der Waals surface area contributed by atoms with Crippen LogP contribution in [0.5, 0.6) is 0 Å². The van der Waals surface area contributed by atoms with Crippen LogP contribution in [0.2, 0.25) is 0 Å². The number of nitriles is 1. The molecule has 0 saturated heterocycles. The summed E-state index contributed by atoms with van der Waals surface area (Å²) in [7, 11) is 0. The van der Waals surface area contributed by atoms with Gasteiger partial charge in [-0.05, 0) is 29.7 Å². The summed E-state index contributed by atoms with van der Waals surface area (Å²) in [6, 6.07) is 20.5. The number of nitrogens with zero attached hydrogens (tertiary/aromatic N) is 3. The molecule has 3 rings (SSSR count). The molecule has 4 heteroatoms. The zero-order valence-corrected chi connectivity index (χ0v) is 12.8. The van der Waals surface area contributed by atoms with Crippen molar-refractivity contribution in [3.05, 3.63) is 90.0 Å². The van der Waals surface area contributed by atoms with Gasteiger partial charge < -0.3 is 4.57 Å². The van der Waals surface area contributed by atoms with E-state index in [1.807, 2.05) is 42.9 Å². The van der Waals surface area contributed by atoms with Gasteiger partial charge in [0.1, 0.15) is 0 Å². The number of halogens is 1. The van der Waals surface area contributed by atoms with Crippen molar-refractivity contribution in [3.8, 4) is 6.07 Å². The molecule has 0 bridgehead atoms. The molecule has 1 atom stereocenters. The molecule has 0 radical (unpaired) electrons. The highest BCUT2D eigenvalue weighted by Crippen LogP contribution is 2.23. The van der Waals surface area contributed by atoms with E-state index < -0.39 is 0 Å². The summed E-state index contributed by atoms with van der Waals surface area (Å²) in [5.41, 5.74) is 3.14. The molecule has 3 nitrogen and oxygen atoms in total. The fourth-order valence-corrected chi connectivity index (χ4v) is 2.47. The first-order chi connectivity index (χ1) is 10.4. The van der Waals surface area contributed by atoms with Crippen LogP contribution in [0.25, 0.3) is 0 Å². The predicted molar refractivity (Wildman–Crippen MR) is 88.9 cm³/mol. The normalized spacial score (nSPS) is 11.2. The minimum absolute atomic E-state index is 0. The van der Waals surface area contributed by atoms with E-state index >= 15 is 0 Å². The SMILES string of the molecule is Cl.N#Cc1ccc(C(Cc2ccccc2)n2ccnc2)cc1. The van der Waals surface area contributed by atoms with E-state index in [2.05, 4.69) is 39.9 Å². The first kappa shape index (κ1) is 15.8. The van der Waals surface area contributed by atoms with E-state index in [0.29, 0.717) is 5.56 Å². The van der Waals surface area contributed by atoms with E-state index in [1.165, 1.54) is 11.1 Å². The van der Waals surface area contributed by atoms with Gasteiger partial charge in [0.2, 0.25) is 0 Å². The van der Waals surface area contributed by atoms with Gasteiger partial charge in [-0.1, -0.05) is 42.5 Å². The Morgan fingerprint density at radius 2 is 1.77 bits per heavy atom. The van der Waals surface area contributed by atoms with Crippen LogP contribution in [0.15, 0.2) is 73.3 Å². The van der Waals surface area contributed by atoms with E-state index in [9.17, 15) is 0 Å². The summed E-state index contributed by atoms with van der Waals surface area (Å²) in [4.78, 5) is 4.15. The van der Waals surface area contributed by atoms with Crippen LogP contribution in [-0.4, -0.2) is 9.55 Å². The van der Waals surface area contributed by atoms with Crippen molar-refractivity contribution < 1.29 is 0 Å². The summed E-state index contributed by atoms with van der Waals surface area (Å²) in [6.07, 6.45) is 6.50. The van der Waals surface area contributed by atoms with Crippen LogP contribution < -0.4 is 0 Å². The van der Waals surface area contributed by atoms with Crippen LogP contribution in [0, 0.1) is 11.3 Å². The highest BCUT2D eigenvalue weighted by molar-refractivity contribution is 5.85. The van der Waals surface area contributed by atoms with Gasteiger partial charge >= 0.3 is 0 Å². The Labute approximate surface area is 136 Å². The van der Waals surface area contributed by atoms with Crippen molar-refractivity contribution in [1.82, 2.24) is 9.55 Å². The summed E-state index contributed by atoms with van der Waals surface area (Å²) in [6.45, 7) is 0. The monoisotopic (exact) mass is 309 g/mol. The van der Waals surface area contributed by atoms with Crippen molar-refractivity contribution in [2.45, 2.75) is 12.5 Å². The maximum atomic E-state index is 8.92. The molecule has 1 aromatic heterocycles. The molecule has 22 heavy (non-hydrogen) atoms. The third-order valence-electron chi connectivity index (χ3n) is 3.58. The molecule has 0 saturated carbocycles. The average molecular weight is 310 g/mol. The van der Waals surface area contributed by atoms with Crippen molar-refractivity contribution in [1.29, 1.82) is 5.26 Å². The first-order valence-corrected chi connectivity index (χ1v) is 6.88. The van der Waals surface area contributed by atoms with Gasteiger partial charge in [-0.25, -0.2) is 4.98 Å². The molecule has 0 amide bonds. The number of rotatable bonds is 4. The number of hydrogen-bond acceptors (Lipinski definition) is 2. The maximum absolute atomic E-state index is 8.92. The van der Waals surface area contributed by atoms with E-state index in [0.717, 1.165) is 6.42 Å². The standard InChI is InChI=1S/C18H15N3.ClH/c19-13-16-6-8-17(9-7-16)18(21-11-10-20-14-21)12-15-4-2-1-3-5-15;/h1-11,14,18H,12H2;1H. The Balaban J connectivity index is 0.00000176. The summed E-state index contributed by atoms with van der Waals surface area (Å²) < 4.78 is 2.11. The smallest absolute Gasteiger partial charge is 0.0991 e. The van der Waals surface area contributed by atoms with Crippen LogP contribution in [0.1, 0.15) is 22.7 Å². The number of hydrogen-bond donors (Lipinski definition) is 0. The lowest BCUT2D eigenvalue weighted by Crippen LogP contribution is -2.12. The molecule has 0 fully saturated rings. The largest absolute Gasteiger partial charge is 0.330 e. The second kappa shape index (κ2) is 7.44. The lowest BCUT2D eigenvalue weighted by Gasteiger charge is -2.19. The molecule has 0 aliphatic heterocycles. The third kappa shape index (κ3) is 3.55. The molecule has 110 valence electrons. The van der Waals surface area contributed by atoms with E-state index in [-0.39, 0.29) is 18.4 Å². The molecule has 2 aromatic carbocycles. The van der Waals surface area contributed by atoms with Gasteiger partial charge in [0, 0.05) is 12.4 Å². The average Bonchev–Trinajstić information content (AvgIpc) is 3.08. The summed E-state index contributed by atoms with van der Waals surface area (Å²) in [5.74, 6) is 0. The van der Waals surface area contributed by atoms with Crippen molar-refractivity contribution >= 4 is 12.4 Å². The number of aromatic nitrogens is 2. The second-order valence-corrected chi connectivity index (χ2v) is 4.95. The predicted octanol–water partition coefficient (Wildman–Crippen LogP) is 4.01. The molecule has 3 aromatic rings. The highest BCUT2D eigenvalue weighted by Gasteiger charge is 2.14. The maximum Gasteiger partial charge on any atom is 0.0991 e. The van der Waals surface area contributed by atoms with Gasteiger partial charge in [0.25, 0.3) is 0 Å². The topological polar surface area (TPSA) is 41.6 Å². The third-order valence-corrected chi connectivity index (χ3v) is 3.58. The van der Waals surface area contributed by atoms with Gasteiger partial charge in [-0.3, -0.25) is 0 Å². The number of benzene rings is 2. The van der Waals surface area contributed by atoms with Gasteiger partial charge in [-0.15, -0.1) is 12.4 Å². The Morgan fingerprint density at radius 1 is 1.05 bits per heavy atom. The Hall–Kier alpha value is -2.57. The van der Waals surface area contributed by atoms with Crippen molar-refractivity contribution in [2.24, 2.45) is 0 Å². The molecule has 0 spiro atoms. The molecule has 0 aliphatic carbocycles. The van der Waals surface area contributed by atoms with Crippen LogP contribution in [-0.2, 0) is 6.42 Å². The Bertz CT molecular complexity index is 728. The van der Waals surface area contributed by atoms with Gasteiger partial charge in [-0.2, -0.15) is 5.26 Å². The Morgan fingerprint density at radius 3 is 2.36 bits per heavy atom. The fourth-order valence-electron chi connectivity index (χ4n) is 2.47. The second-order valence-electron chi connectivity index (χ2n) is 4.95. The van der Waals surface area contributed by atoms with Crippen molar-refractivity contribution in [2.75, 3.05) is 0 Å². The zero-order chi connectivity index (χ0) is 14.5.